The molecule has 2 nitrogen and oxygen atoms in total. The van der Waals surface area contributed by atoms with Crippen LogP contribution in [0.4, 0.5) is 0 Å². The quantitative estimate of drug-likeness (QED) is 0.868. The molecule has 0 amide bonds. The van der Waals surface area contributed by atoms with Gasteiger partial charge in [-0.05, 0) is 31.7 Å². The van der Waals surface area contributed by atoms with E-state index in [0.29, 0.717) is 0 Å². The highest BCUT2D eigenvalue weighted by molar-refractivity contribution is 5.22. The normalized spacial score (nSPS) is 20.4. The number of rotatable bonds is 4. The van der Waals surface area contributed by atoms with Crippen molar-refractivity contribution in [1.82, 2.24) is 0 Å². The molecule has 0 aromatic heterocycles. The van der Waals surface area contributed by atoms with Crippen molar-refractivity contribution >= 4 is 0 Å². The molecule has 1 atom stereocenters. The van der Waals surface area contributed by atoms with Crippen LogP contribution in [0.2, 0.25) is 0 Å². The van der Waals surface area contributed by atoms with E-state index in [1.807, 2.05) is 0 Å². The van der Waals surface area contributed by atoms with Gasteiger partial charge in [0.1, 0.15) is 0 Å². The number of benzene rings is 1. The highest BCUT2D eigenvalue weighted by Gasteiger charge is 2.39. The zero-order chi connectivity index (χ0) is 12.3. The minimum absolute atomic E-state index is 0.0785. The van der Waals surface area contributed by atoms with Crippen LogP contribution in [0.3, 0.4) is 0 Å². The van der Waals surface area contributed by atoms with Crippen molar-refractivity contribution in [2.75, 3.05) is 7.11 Å². The Hall–Kier alpha value is -0.860. The third kappa shape index (κ3) is 2.70. The first-order valence-corrected chi connectivity index (χ1v) is 6.52. The van der Waals surface area contributed by atoms with Crippen LogP contribution < -0.4 is 5.73 Å². The molecule has 2 N–H and O–H groups in total. The number of ether oxygens (including phenoxy) is 1. The SMILES string of the molecule is COC1(C(N)Cc2ccc(C)cc2)CCCC1. The van der Waals surface area contributed by atoms with Gasteiger partial charge in [-0.1, -0.05) is 42.7 Å². The largest absolute Gasteiger partial charge is 0.377 e. The molecule has 0 aliphatic heterocycles. The summed E-state index contributed by atoms with van der Waals surface area (Å²) in [6.45, 7) is 2.11. The summed E-state index contributed by atoms with van der Waals surface area (Å²) in [5.41, 5.74) is 8.90. The monoisotopic (exact) mass is 233 g/mol. The molecule has 1 saturated carbocycles. The summed E-state index contributed by atoms with van der Waals surface area (Å²) in [6, 6.07) is 8.76. The summed E-state index contributed by atoms with van der Waals surface area (Å²) >= 11 is 0. The van der Waals surface area contributed by atoms with Crippen molar-refractivity contribution in [2.24, 2.45) is 5.73 Å². The molecule has 94 valence electrons. The van der Waals surface area contributed by atoms with Gasteiger partial charge in [0.15, 0.2) is 0 Å². The molecule has 2 heteroatoms. The maximum Gasteiger partial charge on any atom is 0.0832 e. The molecule has 1 aliphatic rings. The van der Waals surface area contributed by atoms with E-state index >= 15 is 0 Å². The highest BCUT2D eigenvalue weighted by atomic mass is 16.5. The van der Waals surface area contributed by atoms with E-state index in [1.54, 1.807) is 7.11 Å². The summed E-state index contributed by atoms with van der Waals surface area (Å²) in [5.74, 6) is 0. The summed E-state index contributed by atoms with van der Waals surface area (Å²) < 4.78 is 5.73. The van der Waals surface area contributed by atoms with Gasteiger partial charge in [0.2, 0.25) is 0 Å². The van der Waals surface area contributed by atoms with Crippen LogP contribution in [0, 0.1) is 6.92 Å². The van der Waals surface area contributed by atoms with Gasteiger partial charge in [0.25, 0.3) is 0 Å². The molecule has 0 radical (unpaired) electrons. The van der Waals surface area contributed by atoms with Gasteiger partial charge in [-0.2, -0.15) is 0 Å². The molecule has 1 aromatic carbocycles. The van der Waals surface area contributed by atoms with Crippen LogP contribution in [0.1, 0.15) is 36.8 Å². The lowest BCUT2D eigenvalue weighted by molar-refractivity contribution is -0.0253. The van der Waals surface area contributed by atoms with Crippen LogP contribution >= 0.6 is 0 Å². The van der Waals surface area contributed by atoms with E-state index < -0.39 is 0 Å². The van der Waals surface area contributed by atoms with Crippen LogP contribution in [-0.4, -0.2) is 18.8 Å². The Morgan fingerprint density at radius 3 is 2.35 bits per heavy atom. The molecular weight excluding hydrogens is 210 g/mol. The van der Waals surface area contributed by atoms with Crippen molar-refractivity contribution in [1.29, 1.82) is 0 Å². The summed E-state index contributed by atoms with van der Waals surface area (Å²) in [4.78, 5) is 0. The van der Waals surface area contributed by atoms with E-state index in [0.717, 1.165) is 19.3 Å². The first kappa shape index (κ1) is 12.6. The number of nitrogens with two attached hydrogens (primary N) is 1. The number of hydrogen-bond donors (Lipinski definition) is 1. The highest BCUT2D eigenvalue weighted by Crippen LogP contribution is 2.35. The lowest BCUT2D eigenvalue weighted by Gasteiger charge is -2.34. The molecule has 0 saturated heterocycles. The maximum atomic E-state index is 6.37. The molecular formula is C15H23NO. The summed E-state index contributed by atoms with van der Waals surface area (Å²) in [6.07, 6.45) is 5.62. The van der Waals surface area contributed by atoms with E-state index in [-0.39, 0.29) is 11.6 Å². The molecule has 0 bridgehead atoms. The lowest BCUT2D eigenvalue weighted by atomic mass is 9.88. The lowest BCUT2D eigenvalue weighted by Crippen LogP contribution is -2.48. The summed E-state index contributed by atoms with van der Waals surface area (Å²) in [7, 11) is 1.81. The van der Waals surface area contributed by atoms with Crippen LogP contribution in [0.5, 0.6) is 0 Å². The Labute approximate surface area is 104 Å². The average molecular weight is 233 g/mol. The zero-order valence-electron chi connectivity index (χ0n) is 10.9. The van der Waals surface area contributed by atoms with Gasteiger partial charge in [-0.25, -0.2) is 0 Å². The maximum absolute atomic E-state index is 6.37. The van der Waals surface area contributed by atoms with Gasteiger partial charge in [0.05, 0.1) is 5.60 Å². The van der Waals surface area contributed by atoms with Crippen LogP contribution in [-0.2, 0) is 11.2 Å². The number of methoxy groups -OCH3 is 1. The minimum atomic E-state index is -0.0785. The standard InChI is InChI=1S/C15H23NO/c1-12-5-7-13(8-6-12)11-14(16)15(17-2)9-3-4-10-15/h5-8,14H,3-4,9-11,16H2,1-2H3. The molecule has 1 aliphatic carbocycles. The molecule has 0 heterocycles. The molecule has 1 unspecified atom stereocenters. The number of aryl methyl sites for hydroxylation is 1. The second kappa shape index (κ2) is 5.19. The van der Waals surface area contributed by atoms with E-state index in [4.69, 9.17) is 10.5 Å². The van der Waals surface area contributed by atoms with Crippen LogP contribution in [0.15, 0.2) is 24.3 Å². The second-order valence-corrected chi connectivity index (χ2v) is 5.27. The Kier molecular flexibility index (Phi) is 3.85. The fraction of sp³-hybridized carbons (Fsp3) is 0.600. The van der Waals surface area contributed by atoms with Crippen molar-refractivity contribution in [3.63, 3.8) is 0 Å². The van der Waals surface area contributed by atoms with Gasteiger partial charge >= 0.3 is 0 Å². The topological polar surface area (TPSA) is 35.2 Å². The fourth-order valence-corrected chi connectivity index (χ4v) is 2.86. The van der Waals surface area contributed by atoms with Crippen molar-refractivity contribution in [3.8, 4) is 0 Å². The molecule has 1 aromatic rings. The smallest absolute Gasteiger partial charge is 0.0832 e. The third-order valence-electron chi connectivity index (χ3n) is 4.11. The van der Waals surface area contributed by atoms with E-state index in [2.05, 4.69) is 31.2 Å². The predicted molar refractivity (Wildman–Crippen MR) is 71.1 cm³/mol. The Balaban J connectivity index is 2.05. The molecule has 17 heavy (non-hydrogen) atoms. The van der Waals surface area contributed by atoms with E-state index in [1.165, 1.54) is 24.0 Å². The van der Waals surface area contributed by atoms with Gasteiger partial charge in [-0.3, -0.25) is 0 Å². The Morgan fingerprint density at radius 2 is 1.82 bits per heavy atom. The summed E-state index contributed by atoms with van der Waals surface area (Å²) in [5, 5.41) is 0. The van der Waals surface area contributed by atoms with E-state index in [9.17, 15) is 0 Å². The predicted octanol–water partition coefficient (Wildman–Crippen LogP) is 2.82. The molecule has 0 spiro atoms. The Bertz CT molecular complexity index is 352. The first-order chi connectivity index (χ1) is 8.16. The van der Waals surface area contributed by atoms with Crippen LogP contribution in [0.25, 0.3) is 0 Å². The van der Waals surface area contributed by atoms with Crippen molar-refractivity contribution in [3.05, 3.63) is 35.4 Å². The molecule has 2 rings (SSSR count). The number of hydrogen-bond acceptors (Lipinski definition) is 2. The Morgan fingerprint density at radius 1 is 1.24 bits per heavy atom. The van der Waals surface area contributed by atoms with Gasteiger partial charge in [0, 0.05) is 13.2 Å². The molecule has 1 fully saturated rings. The first-order valence-electron chi connectivity index (χ1n) is 6.52. The minimum Gasteiger partial charge on any atom is -0.377 e. The third-order valence-corrected chi connectivity index (χ3v) is 4.11. The van der Waals surface area contributed by atoms with Crippen molar-refractivity contribution < 1.29 is 4.74 Å². The van der Waals surface area contributed by atoms with Gasteiger partial charge < -0.3 is 10.5 Å². The van der Waals surface area contributed by atoms with Crippen molar-refractivity contribution in [2.45, 2.75) is 50.7 Å². The van der Waals surface area contributed by atoms with Gasteiger partial charge in [-0.15, -0.1) is 0 Å². The zero-order valence-corrected chi connectivity index (χ0v) is 10.9. The average Bonchev–Trinajstić information content (AvgIpc) is 2.82. The second-order valence-electron chi connectivity index (χ2n) is 5.27. The fourth-order valence-electron chi connectivity index (χ4n) is 2.86.